The lowest BCUT2D eigenvalue weighted by Gasteiger charge is -2.21. The topological polar surface area (TPSA) is 72.9 Å². The van der Waals surface area contributed by atoms with Crippen molar-refractivity contribution in [2.75, 3.05) is 11.9 Å². The summed E-state index contributed by atoms with van der Waals surface area (Å²) in [4.78, 5) is 12.1. The number of carbonyl (C=O) groups excluding carboxylic acids is 1. The van der Waals surface area contributed by atoms with Crippen LogP contribution in [0, 0.1) is 19.3 Å². The van der Waals surface area contributed by atoms with Crippen LogP contribution in [0.25, 0.3) is 0 Å². The second-order valence-corrected chi connectivity index (χ2v) is 5.63. The molecule has 0 unspecified atom stereocenters. The number of carbonyl (C=O) groups is 1. The van der Waals surface area contributed by atoms with Crippen molar-refractivity contribution >= 4 is 11.6 Å². The number of rotatable bonds is 4. The molecule has 0 saturated carbocycles. The van der Waals surface area contributed by atoms with Crippen LogP contribution in [-0.2, 0) is 4.79 Å². The summed E-state index contributed by atoms with van der Waals surface area (Å²) >= 11 is 0. The lowest BCUT2D eigenvalue weighted by Crippen LogP contribution is -2.37. The van der Waals surface area contributed by atoms with Crippen LogP contribution >= 0.6 is 0 Å². The van der Waals surface area contributed by atoms with Crippen LogP contribution in [-0.4, -0.2) is 22.2 Å². The van der Waals surface area contributed by atoms with E-state index in [-0.39, 0.29) is 11.9 Å². The molecule has 0 atom stereocenters. The summed E-state index contributed by atoms with van der Waals surface area (Å²) in [5.74, 6) is -0.0699. The number of hydrogen-bond donors (Lipinski definition) is 2. The summed E-state index contributed by atoms with van der Waals surface area (Å²) in [5, 5.41) is 7.38. The Bertz CT molecular complexity index is 446. The van der Waals surface area contributed by atoms with Crippen molar-refractivity contribution in [2.24, 2.45) is 11.1 Å². The molecule has 1 rings (SSSR count). The number of nitrogens with two attached hydrogens (primary N) is 1. The molecule has 0 aliphatic heterocycles. The first-order chi connectivity index (χ1) is 8.20. The van der Waals surface area contributed by atoms with Gasteiger partial charge in [-0.2, -0.15) is 5.10 Å². The molecule has 102 valence electrons. The van der Waals surface area contributed by atoms with Gasteiger partial charge in [0.25, 0.3) is 0 Å². The molecule has 18 heavy (non-hydrogen) atoms. The number of nitrogens with zero attached hydrogens (tertiary/aromatic N) is 2. The van der Waals surface area contributed by atoms with Gasteiger partial charge in [-0.25, -0.2) is 0 Å². The third-order valence-electron chi connectivity index (χ3n) is 3.18. The molecule has 5 heteroatoms. The molecule has 5 nitrogen and oxygen atoms in total. The van der Waals surface area contributed by atoms with Crippen molar-refractivity contribution in [3.63, 3.8) is 0 Å². The number of hydrogen-bond acceptors (Lipinski definition) is 3. The van der Waals surface area contributed by atoms with Crippen LogP contribution in [0.1, 0.15) is 45.1 Å². The Kier molecular flexibility index (Phi) is 4.16. The molecule has 0 bridgehead atoms. The average molecular weight is 252 g/mol. The quantitative estimate of drug-likeness (QED) is 0.861. The molecule has 0 aromatic carbocycles. The first kappa shape index (κ1) is 14.7. The van der Waals surface area contributed by atoms with Crippen LogP contribution in [0.5, 0.6) is 0 Å². The molecule has 1 aromatic rings. The van der Waals surface area contributed by atoms with Gasteiger partial charge >= 0.3 is 0 Å². The monoisotopic (exact) mass is 252 g/mol. The maximum atomic E-state index is 12.1. The third kappa shape index (κ3) is 2.72. The molecule has 1 amide bonds. The van der Waals surface area contributed by atoms with Crippen molar-refractivity contribution in [1.82, 2.24) is 9.78 Å². The summed E-state index contributed by atoms with van der Waals surface area (Å²) in [7, 11) is 0. The molecule has 1 heterocycles. The summed E-state index contributed by atoms with van der Waals surface area (Å²) < 4.78 is 1.92. The number of aromatic nitrogens is 2. The normalized spacial score (nSPS) is 12.0. The molecule has 0 saturated heterocycles. The Morgan fingerprint density at radius 2 is 2.00 bits per heavy atom. The molecular formula is C13H24N4O. The number of anilines is 1. The Balaban J connectivity index is 3.03. The van der Waals surface area contributed by atoms with Gasteiger partial charge in [0.2, 0.25) is 5.91 Å². The summed E-state index contributed by atoms with van der Waals surface area (Å²) in [6, 6.07) is 0.275. The van der Waals surface area contributed by atoms with Gasteiger partial charge in [0, 0.05) is 12.6 Å². The third-order valence-corrected chi connectivity index (χ3v) is 3.18. The minimum Gasteiger partial charge on any atom is -0.329 e. The number of nitrogens with one attached hydrogen (secondary N) is 1. The maximum absolute atomic E-state index is 12.1. The van der Waals surface area contributed by atoms with Gasteiger partial charge < -0.3 is 11.1 Å². The highest BCUT2D eigenvalue weighted by Crippen LogP contribution is 2.24. The maximum Gasteiger partial charge on any atom is 0.231 e. The first-order valence-corrected chi connectivity index (χ1v) is 6.28. The molecule has 0 spiro atoms. The standard InChI is InChI=1S/C13H24N4O/c1-8(2)17-10(4)11(9(3)16-17)15-12(18)13(5,6)7-14/h8H,7,14H2,1-6H3,(H,15,18). The van der Waals surface area contributed by atoms with Gasteiger partial charge in [0.15, 0.2) is 0 Å². The van der Waals surface area contributed by atoms with Crippen molar-refractivity contribution in [3.05, 3.63) is 11.4 Å². The van der Waals surface area contributed by atoms with Gasteiger partial charge in [-0.3, -0.25) is 9.48 Å². The zero-order chi connectivity index (χ0) is 14.1. The Morgan fingerprint density at radius 1 is 1.44 bits per heavy atom. The van der Waals surface area contributed by atoms with Crippen LogP contribution in [0.3, 0.4) is 0 Å². The van der Waals surface area contributed by atoms with Crippen LogP contribution < -0.4 is 11.1 Å². The van der Waals surface area contributed by atoms with E-state index in [0.29, 0.717) is 6.54 Å². The SMILES string of the molecule is Cc1nn(C(C)C)c(C)c1NC(=O)C(C)(C)CN. The van der Waals surface area contributed by atoms with Gasteiger partial charge in [-0.15, -0.1) is 0 Å². The number of aryl methyl sites for hydroxylation is 1. The highest BCUT2D eigenvalue weighted by molar-refractivity contribution is 5.95. The predicted molar refractivity (Wildman–Crippen MR) is 73.6 cm³/mol. The van der Waals surface area contributed by atoms with E-state index >= 15 is 0 Å². The second kappa shape index (κ2) is 5.10. The van der Waals surface area contributed by atoms with E-state index in [0.717, 1.165) is 17.1 Å². The van der Waals surface area contributed by atoms with Crippen LogP contribution in [0.2, 0.25) is 0 Å². The highest BCUT2D eigenvalue weighted by atomic mass is 16.2. The molecule has 0 aliphatic carbocycles. The molecule has 3 N–H and O–H groups in total. The lowest BCUT2D eigenvalue weighted by molar-refractivity contribution is -0.123. The second-order valence-electron chi connectivity index (χ2n) is 5.63. The van der Waals surface area contributed by atoms with E-state index in [1.54, 1.807) is 0 Å². The largest absolute Gasteiger partial charge is 0.329 e. The molecule has 0 fully saturated rings. The molecule has 1 aromatic heterocycles. The van der Waals surface area contributed by atoms with E-state index in [1.807, 2.05) is 32.4 Å². The van der Waals surface area contributed by atoms with E-state index < -0.39 is 5.41 Å². The lowest BCUT2D eigenvalue weighted by atomic mass is 9.92. The summed E-state index contributed by atoms with van der Waals surface area (Å²) in [5.41, 5.74) is 7.65. The smallest absolute Gasteiger partial charge is 0.231 e. The highest BCUT2D eigenvalue weighted by Gasteiger charge is 2.27. The first-order valence-electron chi connectivity index (χ1n) is 6.28. The van der Waals surface area contributed by atoms with Crippen LogP contribution in [0.15, 0.2) is 0 Å². The van der Waals surface area contributed by atoms with Crippen molar-refractivity contribution in [3.8, 4) is 0 Å². The zero-order valence-corrected chi connectivity index (χ0v) is 12.2. The molecule has 0 aliphatic rings. The van der Waals surface area contributed by atoms with Gasteiger partial charge in [-0.1, -0.05) is 0 Å². The van der Waals surface area contributed by atoms with E-state index in [9.17, 15) is 4.79 Å². The fourth-order valence-electron chi connectivity index (χ4n) is 1.72. The van der Waals surface area contributed by atoms with Crippen molar-refractivity contribution in [1.29, 1.82) is 0 Å². The predicted octanol–water partition coefficient (Wildman–Crippen LogP) is 2.00. The number of amides is 1. The fraction of sp³-hybridized carbons (Fsp3) is 0.692. The van der Waals surface area contributed by atoms with Gasteiger partial charge in [0.1, 0.15) is 0 Å². The Morgan fingerprint density at radius 3 is 2.39 bits per heavy atom. The molecule has 0 radical (unpaired) electrons. The summed E-state index contributed by atoms with van der Waals surface area (Å²) in [6.07, 6.45) is 0. The average Bonchev–Trinajstić information content (AvgIpc) is 2.56. The fourth-order valence-corrected chi connectivity index (χ4v) is 1.72. The van der Waals surface area contributed by atoms with E-state index in [2.05, 4.69) is 24.3 Å². The Hall–Kier alpha value is -1.36. The minimum atomic E-state index is -0.571. The van der Waals surface area contributed by atoms with Gasteiger partial charge in [-0.05, 0) is 41.5 Å². The van der Waals surface area contributed by atoms with E-state index in [4.69, 9.17) is 5.73 Å². The van der Waals surface area contributed by atoms with Gasteiger partial charge in [0.05, 0.1) is 22.5 Å². The van der Waals surface area contributed by atoms with Crippen LogP contribution in [0.4, 0.5) is 5.69 Å². The van der Waals surface area contributed by atoms with E-state index in [1.165, 1.54) is 0 Å². The Labute approximate surface area is 109 Å². The van der Waals surface area contributed by atoms with Crippen molar-refractivity contribution < 1.29 is 4.79 Å². The zero-order valence-electron chi connectivity index (χ0n) is 12.2. The minimum absolute atomic E-state index is 0.0699. The van der Waals surface area contributed by atoms with Crippen molar-refractivity contribution in [2.45, 2.75) is 47.6 Å². The summed E-state index contributed by atoms with van der Waals surface area (Å²) in [6.45, 7) is 12.0. The molecular weight excluding hydrogens is 228 g/mol.